The van der Waals surface area contributed by atoms with Crippen molar-refractivity contribution in [2.75, 3.05) is 6.54 Å². The molecule has 2 unspecified atom stereocenters. The Kier molecular flexibility index (Phi) is 7.25. The Hall–Kier alpha value is -0.570. The minimum Gasteiger partial charge on any atom is -0.369 e. The number of hydrogen-bond donors (Lipinski definition) is 2. The van der Waals surface area contributed by atoms with Crippen molar-refractivity contribution in [2.24, 2.45) is 11.7 Å². The Labute approximate surface area is 106 Å². The number of piperidine rings is 1. The summed E-state index contributed by atoms with van der Waals surface area (Å²) in [6, 6.07) is 0.340. The predicted molar refractivity (Wildman–Crippen MR) is 71.7 cm³/mol. The van der Waals surface area contributed by atoms with Crippen molar-refractivity contribution in [3.8, 4) is 0 Å². The van der Waals surface area contributed by atoms with Crippen molar-refractivity contribution in [3.63, 3.8) is 0 Å². The zero-order valence-corrected chi connectivity index (χ0v) is 11.2. The minimum absolute atomic E-state index is 0.0689. The Morgan fingerprint density at radius 3 is 2.65 bits per heavy atom. The lowest BCUT2D eigenvalue weighted by atomic mass is 9.87. The van der Waals surface area contributed by atoms with Gasteiger partial charge in [0.25, 0.3) is 0 Å². The van der Waals surface area contributed by atoms with Gasteiger partial charge in [-0.25, -0.2) is 0 Å². The smallest absolute Gasteiger partial charge is 0.222 e. The molecule has 3 N–H and O–H groups in total. The zero-order valence-electron chi connectivity index (χ0n) is 11.2. The van der Waals surface area contributed by atoms with Crippen LogP contribution in [-0.4, -0.2) is 18.5 Å². The van der Waals surface area contributed by atoms with Gasteiger partial charge >= 0.3 is 0 Å². The van der Waals surface area contributed by atoms with E-state index in [1.807, 2.05) is 0 Å². The van der Waals surface area contributed by atoms with Gasteiger partial charge < -0.3 is 11.1 Å². The first-order valence-electron chi connectivity index (χ1n) is 7.28. The summed E-state index contributed by atoms with van der Waals surface area (Å²) in [6.45, 7) is 3.29. The third-order valence-electron chi connectivity index (χ3n) is 3.82. The van der Waals surface area contributed by atoms with Gasteiger partial charge in [0.05, 0.1) is 5.92 Å². The molecule has 1 rings (SSSR count). The van der Waals surface area contributed by atoms with Crippen LogP contribution in [0.15, 0.2) is 0 Å². The van der Waals surface area contributed by atoms with Crippen LogP contribution in [0.2, 0.25) is 0 Å². The van der Waals surface area contributed by atoms with Crippen LogP contribution in [0.5, 0.6) is 0 Å². The molecule has 2 atom stereocenters. The normalized spacial score (nSPS) is 24.8. The van der Waals surface area contributed by atoms with Crippen LogP contribution in [0.3, 0.4) is 0 Å². The SMILES string of the molecule is CCCCCCCCC1NCCCC1C(N)=O. The van der Waals surface area contributed by atoms with E-state index in [1.54, 1.807) is 0 Å². The first-order valence-corrected chi connectivity index (χ1v) is 7.28. The summed E-state index contributed by atoms with van der Waals surface area (Å²) < 4.78 is 0. The third-order valence-corrected chi connectivity index (χ3v) is 3.82. The molecule has 1 aliphatic heterocycles. The summed E-state index contributed by atoms with van der Waals surface area (Å²) >= 11 is 0. The van der Waals surface area contributed by atoms with Gasteiger partial charge in [0.2, 0.25) is 5.91 Å². The number of unbranched alkanes of at least 4 members (excludes halogenated alkanes) is 5. The van der Waals surface area contributed by atoms with E-state index >= 15 is 0 Å². The molecular weight excluding hydrogens is 212 g/mol. The topological polar surface area (TPSA) is 55.1 Å². The molecule has 1 fully saturated rings. The molecular formula is C14H28N2O. The second kappa shape index (κ2) is 8.51. The summed E-state index contributed by atoms with van der Waals surface area (Å²) in [7, 11) is 0. The monoisotopic (exact) mass is 240 g/mol. The minimum atomic E-state index is -0.117. The molecule has 0 aromatic heterocycles. The molecule has 0 aliphatic carbocycles. The van der Waals surface area contributed by atoms with Crippen LogP contribution >= 0.6 is 0 Å². The molecule has 0 bridgehead atoms. The van der Waals surface area contributed by atoms with Crippen LogP contribution in [0.1, 0.15) is 64.7 Å². The zero-order chi connectivity index (χ0) is 12.5. The predicted octanol–water partition coefficient (Wildman–Crippen LogP) is 2.59. The average Bonchev–Trinajstić information content (AvgIpc) is 2.34. The maximum Gasteiger partial charge on any atom is 0.222 e. The number of rotatable bonds is 8. The van der Waals surface area contributed by atoms with Crippen LogP contribution in [-0.2, 0) is 4.79 Å². The van der Waals surface area contributed by atoms with Gasteiger partial charge in [-0.1, -0.05) is 45.4 Å². The number of carbonyl (C=O) groups excluding carboxylic acids is 1. The second-order valence-electron chi connectivity index (χ2n) is 5.27. The molecule has 0 saturated carbocycles. The second-order valence-corrected chi connectivity index (χ2v) is 5.27. The van der Waals surface area contributed by atoms with Crippen LogP contribution in [0, 0.1) is 5.92 Å². The summed E-state index contributed by atoms with van der Waals surface area (Å²) in [4.78, 5) is 11.3. The maximum absolute atomic E-state index is 11.3. The van der Waals surface area contributed by atoms with E-state index in [-0.39, 0.29) is 11.8 Å². The summed E-state index contributed by atoms with van der Waals surface area (Å²) in [5.74, 6) is -0.0485. The first kappa shape index (κ1) is 14.5. The molecule has 17 heavy (non-hydrogen) atoms. The molecule has 0 radical (unpaired) electrons. The molecule has 1 saturated heterocycles. The fourth-order valence-corrected chi connectivity index (χ4v) is 2.74. The van der Waals surface area contributed by atoms with Crippen LogP contribution < -0.4 is 11.1 Å². The highest BCUT2D eigenvalue weighted by Crippen LogP contribution is 2.21. The highest BCUT2D eigenvalue weighted by Gasteiger charge is 2.28. The van der Waals surface area contributed by atoms with Crippen molar-refractivity contribution in [3.05, 3.63) is 0 Å². The Balaban J connectivity index is 2.13. The van der Waals surface area contributed by atoms with Crippen molar-refractivity contribution < 1.29 is 4.79 Å². The Morgan fingerprint density at radius 1 is 1.24 bits per heavy atom. The standard InChI is InChI=1S/C14H28N2O/c1-2-3-4-5-6-7-10-13-12(14(15)17)9-8-11-16-13/h12-13,16H,2-11H2,1H3,(H2,15,17). The maximum atomic E-state index is 11.3. The first-order chi connectivity index (χ1) is 8.25. The number of carbonyl (C=O) groups is 1. The highest BCUT2D eigenvalue weighted by atomic mass is 16.1. The van der Waals surface area contributed by atoms with Gasteiger partial charge in [-0.05, 0) is 25.8 Å². The lowest BCUT2D eigenvalue weighted by Gasteiger charge is -2.30. The van der Waals surface area contributed by atoms with Crippen molar-refractivity contribution in [1.82, 2.24) is 5.32 Å². The van der Waals surface area contributed by atoms with E-state index in [0.717, 1.165) is 25.8 Å². The van der Waals surface area contributed by atoms with Crippen LogP contribution in [0.25, 0.3) is 0 Å². The van der Waals surface area contributed by atoms with E-state index < -0.39 is 0 Å². The largest absolute Gasteiger partial charge is 0.369 e. The lowest BCUT2D eigenvalue weighted by Crippen LogP contribution is -2.46. The number of nitrogens with two attached hydrogens (primary N) is 1. The van der Waals surface area contributed by atoms with E-state index in [0.29, 0.717) is 6.04 Å². The average molecular weight is 240 g/mol. The fourth-order valence-electron chi connectivity index (χ4n) is 2.74. The fraction of sp³-hybridized carbons (Fsp3) is 0.929. The number of amides is 1. The quantitative estimate of drug-likeness (QED) is 0.641. The van der Waals surface area contributed by atoms with E-state index in [1.165, 1.54) is 38.5 Å². The van der Waals surface area contributed by atoms with E-state index in [9.17, 15) is 4.79 Å². The van der Waals surface area contributed by atoms with Crippen molar-refractivity contribution in [1.29, 1.82) is 0 Å². The van der Waals surface area contributed by atoms with Gasteiger partial charge in [-0.2, -0.15) is 0 Å². The molecule has 1 aliphatic rings. The highest BCUT2D eigenvalue weighted by molar-refractivity contribution is 5.77. The molecule has 0 aromatic carbocycles. The van der Waals surface area contributed by atoms with Crippen LogP contribution in [0.4, 0.5) is 0 Å². The van der Waals surface area contributed by atoms with Gasteiger partial charge in [-0.15, -0.1) is 0 Å². The number of nitrogens with one attached hydrogen (secondary N) is 1. The summed E-state index contributed by atoms with van der Waals surface area (Å²) in [5, 5.41) is 3.45. The van der Waals surface area contributed by atoms with Gasteiger partial charge in [0.1, 0.15) is 0 Å². The lowest BCUT2D eigenvalue weighted by molar-refractivity contribution is -0.123. The summed E-state index contributed by atoms with van der Waals surface area (Å²) in [5.41, 5.74) is 5.45. The number of primary amides is 1. The van der Waals surface area contributed by atoms with E-state index in [2.05, 4.69) is 12.2 Å². The van der Waals surface area contributed by atoms with Gasteiger partial charge in [0.15, 0.2) is 0 Å². The van der Waals surface area contributed by atoms with Crippen molar-refractivity contribution in [2.45, 2.75) is 70.8 Å². The van der Waals surface area contributed by atoms with Crippen molar-refractivity contribution >= 4 is 5.91 Å². The summed E-state index contributed by atoms with van der Waals surface area (Å²) in [6.07, 6.45) is 11.0. The van der Waals surface area contributed by atoms with Gasteiger partial charge in [0, 0.05) is 6.04 Å². The third kappa shape index (κ3) is 5.53. The number of hydrogen-bond acceptors (Lipinski definition) is 2. The molecule has 0 aromatic rings. The molecule has 1 amide bonds. The Bertz CT molecular complexity index is 218. The van der Waals surface area contributed by atoms with Gasteiger partial charge in [-0.3, -0.25) is 4.79 Å². The Morgan fingerprint density at radius 2 is 1.94 bits per heavy atom. The van der Waals surface area contributed by atoms with E-state index in [4.69, 9.17) is 5.73 Å². The molecule has 1 heterocycles. The molecule has 0 spiro atoms. The molecule has 3 heteroatoms. The molecule has 3 nitrogen and oxygen atoms in total. The molecule has 100 valence electrons.